The highest BCUT2D eigenvalue weighted by Crippen LogP contribution is 2.51. The van der Waals surface area contributed by atoms with Gasteiger partial charge in [0.15, 0.2) is 0 Å². The van der Waals surface area contributed by atoms with Crippen molar-refractivity contribution in [2.75, 3.05) is 11.9 Å². The van der Waals surface area contributed by atoms with Crippen LogP contribution in [0.5, 0.6) is 0 Å². The van der Waals surface area contributed by atoms with Gasteiger partial charge in [-0.05, 0) is 97.6 Å². The molecule has 1 aromatic heterocycles. The van der Waals surface area contributed by atoms with Crippen LogP contribution in [-0.4, -0.2) is 22.4 Å². The van der Waals surface area contributed by atoms with Crippen molar-refractivity contribution in [3.8, 4) is 0 Å². The molecule has 0 amide bonds. The fourth-order valence-electron chi connectivity index (χ4n) is 6.62. The quantitative estimate of drug-likeness (QED) is 0.336. The van der Waals surface area contributed by atoms with Crippen LogP contribution in [-0.2, 0) is 16.7 Å². The van der Waals surface area contributed by atoms with E-state index in [9.17, 15) is 4.79 Å². The molecule has 190 valence electrons. The summed E-state index contributed by atoms with van der Waals surface area (Å²) >= 11 is 6.78. The molecular formula is C30H36ClN3O2. The molecule has 2 saturated carbocycles. The fourth-order valence-corrected chi connectivity index (χ4v) is 6.85. The van der Waals surface area contributed by atoms with E-state index in [2.05, 4.69) is 54.6 Å². The second-order valence-corrected chi connectivity index (χ2v) is 11.6. The molecule has 2 bridgehead atoms. The number of benzene rings is 2. The van der Waals surface area contributed by atoms with Gasteiger partial charge in [-0.1, -0.05) is 43.6 Å². The number of esters is 1. The van der Waals surface area contributed by atoms with Crippen molar-refractivity contribution in [3.63, 3.8) is 0 Å². The standard InChI is InChI=1S/C30H36ClN3O2/c1-4-36-29(35)24-17-32-34(19-24)18-21-5-8-26(9-6-21)33-28-10-7-25(14-27(28)31)30(3)15-22-11-20(2)12-23(13-22)16-30/h5-10,14,17,19-20,22-23,33H,4,11-13,15-16,18H2,1-3H3. The van der Waals surface area contributed by atoms with Crippen molar-refractivity contribution in [2.24, 2.45) is 17.8 Å². The van der Waals surface area contributed by atoms with Crippen molar-refractivity contribution < 1.29 is 9.53 Å². The van der Waals surface area contributed by atoms with Gasteiger partial charge in [0.1, 0.15) is 0 Å². The van der Waals surface area contributed by atoms with Gasteiger partial charge >= 0.3 is 5.97 Å². The van der Waals surface area contributed by atoms with E-state index < -0.39 is 0 Å². The van der Waals surface area contributed by atoms with Crippen LogP contribution < -0.4 is 5.32 Å². The minimum Gasteiger partial charge on any atom is -0.462 e. The van der Waals surface area contributed by atoms with Crippen LogP contribution in [0.2, 0.25) is 5.02 Å². The molecule has 0 spiro atoms. The number of anilines is 2. The summed E-state index contributed by atoms with van der Waals surface area (Å²) < 4.78 is 6.77. The second-order valence-electron chi connectivity index (χ2n) is 11.2. The highest BCUT2D eigenvalue weighted by atomic mass is 35.5. The van der Waals surface area contributed by atoms with Crippen LogP contribution in [0.3, 0.4) is 0 Å². The summed E-state index contributed by atoms with van der Waals surface area (Å²) in [5.74, 6) is 2.24. The number of nitrogens with zero attached hydrogens (tertiary/aromatic N) is 2. The topological polar surface area (TPSA) is 56.1 Å². The SMILES string of the molecule is CCOC(=O)c1cnn(Cc2ccc(Nc3ccc(C4(C)CC5CC(C)CC(C5)C4)cc3Cl)cc2)c1. The van der Waals surface area contributed by atoms with E-state index in [0.717, 1.165) is 39.7 Å². The molecule has 5 rings (SSSR count). The Kier molecular flexibility index (Phi) is 7.11. The molecule has 2 fully saturated rings. The molecule has 2 unspecified atom stereocenters. The minimum absolute atomic E-state index is 0.219. The molecule has 0 radical (unpaired) electrons. The van der Waals surface area contributed by atoms with E-state index in [1.807, 2.05) is 12.1 Å². The first-order valence-corrected chi connectivity index (χ1v) is 13.5. The number of nitrogens with one attached hydrogen (secondary N) is 1. The lowest BCUT2D eigenvalue weighted by Gasteiger charge is -2.47. The van der Waals surface area contributed by atoms with E-state index in [4.69, 9.17) is 16.3 Å². The summed E-state index contributed by atoms with van der Waals surface area (Å²) in [6.07, 6.45) is 9.97. The molecule has 0 saturated heterocycles. The monoisotopic (exact) mass is 505 g/mol. The Hall–Kier alpha value is -2.79. The molecule has 6 heteroatoms. The van der Waals surface area contributed by atoms with Gasteiger partial charge in [-0.2, -0.15) is 5.10 Å². The lowest BCUT2D eigenvalue weighted by atomic mass is 9.57. The molecule has 0 aliphatic heterocycles. The summed E-state index contributed by atoms with van der Waals surface area (Å²) in [7, 11) is 0. The van der Waals surface area contributed by atoms with Crippen LogP contribution in [0.1, 0.15) is 74.4 Å². The molecule has 3 aromatic rings. The Morgan fingerprint density at radius 3 is 2.53 bits per heavy atom. The number of aromatic nitrogens is 2. The van der Waals surface area contributed by atoms with Gasteiger partial charge in [0.05, 0.1) is 35.6 Å². The van der Waals surface area contributed by atoms with Crippen LogP contribution in [0.15, 0.2) is 54.9 Å². The van der Waals surface area contributed by atoms with Gasteiger partial charge < -0.3 is 10.1 Å². The van der Waals surface area contributed by atoms with Crippen LogP contribution in [0, 0.1) is 17.8 Å². The third-order valence-electron chi connectivity index (χ3n) is 8.00. The first kappa shape index (κ1) is 24.9. The maximum absolute atomic E-state index is 11.8. The molecule has 2 aromatic carbocycles. The highest BCUT2D eigenvalue weighted by Gasteiger charge is 2.41. The molecule has 5 nitrogen and oxygen atoms in total. The Bertz CT molecular complexity index is 1200. The average molecular weight is 506 g/mol. The predicted molar refractivity (Wildman–Crippen MR) is 145 cm³/mol. The van der Waals surface area contributed by atoms with Crippen LogP contribution >= 0.6 is 11.6 Å². The number of fused-ring (bicyclic) bond motifs is 2. The molecule has 2 aliphatic rings. The number of carbonyl (C=O) groups excluding carboxylic acids is 1. The third kappa shape index (κ3) is 5.46. The van der Waals surface area contributed by atoms with Crippen molar-refractivity contribution in [1.82, 2.24) is 9.78 Å². The maximum atomic E-state index is 11.8. The van der Waals surface area contributed by atoms with Crippen LogP contribution in [0.4, 0.5) is 11.4 Å². The molecule has 2 atom stereocenters. The van der Waals surface area contributed by atoms with Crippen molar-refractivity contribution in [1.29, 1.82) is 0 Å². The second kappa shape index (κ2) is 10.3. The van der Waals surface area contributed by atoms with E-state index in [1.54, 1.807) is 24.0 Å². The van der Waals surface area contributed by atoms with Gasteiger partial charge in [0, 0.05) is 11.9 Å². The maximum Gasteiger partial charge on any atom is 0.341 e. The van der Waals surface area contributed by atoms with Gasteiger partial charge in [-0.25, -0.2) is 4.79 Å². The first-order valence-electron chi connectivity index (χ1n) is 13.2. The summed E-state index contributed by atoms with van der Waals surface area (Å²) in [5, 5.41) is 8.51. The van der Waals surface area contributed by atoms with Crippen molar-refractivity contribution in [3.05, 3.63) is 76.6 Å². The summed E-state index contributed by atoms with van der Waals surface area (Å²) in [5.41, 5.74) is 5.05. The largest absolute Gasteiger partial charge is 0.462 e. The van der Waals surface area contributed by atoms with Crippen molar-refractivity contribution in [2.45, 2.75) is 64.8 Å². The summed E-state index contributed by atoms with van der Waals surface area (Å²) in [6, 6.07) is 14.8. The van der Waals surface area contributed by atoms with E-state index >= 15 is 0 Å². The molecular weight excluding hydrogens is 470 g/mol. The number of carbonyl (C=O) groups is 1. The Balaban J connectivity index is 1.23. The zero-order valence-electron chi connectivity index (χ0n) is 21.5. The van der Waals surface area contributed by atoms with Crippen molar-refractivity contribution >= 4 is 28.9 Å². The molecule has 1 heterocycles. The number of hydrogen-bond donors (Lipinski definition) is 1. The average Bonchev–Trinajstić information content (AvgIpc) is 3.29. The normalized spacial score (nSPS) is 25.4. The summed E-state index contributed by atoms with van der Waals surface area (Å²) in [6.45, 7) is 7.58. The smallest absolute Gasteiger partial charge is 0.341 e. The van der Waals surface area contributed by atoms with Gasteiger partial charge in [0.2, 0.25) is 0 Å². The van der Waals surface area contributed by atoms with E-state index in [0.29, 0.717) is 18.7 Å². The first-order chi connectivity index (χ1) is 17.3. The Morgan fingerprint density at radius 1 is 1.14 bits per heavy atom. The molecule has 1 N–H and O–H groups in total. The van der Waals surface area contributed by atoms with E-state index in [-0.39, 0.29) is 11.4 Å². The number of hydrogen-bond acceptors (Lipinski definition) is 4. The van der Waals surface area contributed by atoms with Gasteiger partial charge in [-0.15, -0.1) is 0 Å². The van der Waals surface area contributed by atoms with Crippen LogP contribution in [0.25, 0.3) is 0 Å². The molecule has 36 heavy (non-hydrogen) atoms. The number of halogens is 1. The summed E-state index contributed by atoms with van der Waals surface area (Å²) in [4.78, 5) is 11.8. The third-order valence-corrected chi connectivity index (χ3v) is 8.32. The number of rotatable bonds is 7. The predicted octanol–water partition coefficient (Wildman–Crippen LogP) is 7.61. The lowest BCUT2D eigenvalue weighted by molar-refractivity contribution is 0.0526. The fraction of sp³-hybridized carbons (Fsp3) is 0.467. The highest BCUT2D eigenvalue weighted by molar-refractivity contribution is 6.33. The Labute approximate surface area is 219 Å². The van der Waals surface area contributed by atoms with Gasteiger partial charge in [-0.3, -0.25) is 4.68 Å². The molecule has 2 aliphatic carbocycles. The zero-order valence-corrected chi connectivity index (χ0v) is 22.2. The van der Waals surface area contributed by atoms with E-state index in [1.165, 1.54) is 37.7 Å². The Morgan fingerprint density at radius 2 is 1.86 bits per heavy atom. The van der Waals surface area contributed by atoms with Gasteiger partial charge in [0.25, 0.3) is 0 Å². The number of ether oxygens (including phenoxy) is 1. The zero-order chi connectivity index (χ0) is 25.3. The minimum atomic E-state index is -0.346. The lowest BCUT2D eigenvalue weighted by Crippen LogP contribution is -2.38.